The van der Waals surface area contributed by atoms with Crippen LogP contribution in [0.1, 0.15) is 21.7 Å². The molecule has 0 radical (unpaired) electrons. The quantitative estimate of drug-likeness (QED) is 0.717. The van der Waals surface area contributed by atoms with Gasteiger partial charge in [0.05, 0.1) is 25.1 Å². The third kappa shape index (κ3) is 2.29. The van der Waals surface area contributed by atoms with E-state index >= 15 is 0 Å². The lowest BCUT2D eigenvalue weighted by molar-refractivity contribution is 0.102. The highest BCUT2D eigenvalue weighted by molar-refractivity contribution is 6.09. The molecule has 0 aliphatic carbocycles. The second-order valence-corrected chi connectivity index (χ2v) is 5.85. The van der Waals surface area contributed by atoms with Crippen LogP contribution < -0.4 is 15.0 Å². The first-order valence-corrected chi connectivity index (χ1v) is 7.93. The molecule has 6 nitrogen and oxygen atoms in total. The molecule has 0 saturated carbocycles. The Hall–Kier alpha value is -3.15. The van der Waals surface area contributed by atoms with Crippen molar-refractivity contribution < 1.29 is 14.3 Å². The van der Waals surface area contributed by atoms with E-state index in [0.29, 0.717) is 40.9 Å². The van der Waals surface area contributed by atoms with E-state index < -0.39 is 0 Å². The van der Waals surface area contributed by atoms with Gasteiger partial charge in [-0.15, -0.1) is 0 Å². The Labute approximate surface area is 143 Å². The number of ether oxygens (including phenoxy) is 2. The number of hydrogen-bond acceptors (Lipinski definition) is 5. The minimum absolute atomic E-state index is 0.162. The number of carbonyl (C=O) groups excluding carboxylic acids is 1. The molecule has 0 saturated heterocycles. The predicted octanol–water partition coefficient (Wildman–Crippen LogP) is 2.20. The fourth-order valence-electron chi connectivity index (χ4n) is 3.24. The Morgan fingerprint density at radius 2 is 1.76 bits per heavy atom. The summed E-state index contributed by atoms with van der Waals surface area (Å²) < 4.78 is 12.1. The molecule has 0 fully saturated rings. The zero-order valence-corrected chi connectivity index (χ0v) is 13.9. The van der Waals surface area contributed by atoms with E-state index in [4.69, 9.17) is 9.47 Å². The third-order valence-corrected chi connectivity index (χ3v) is 4.52. The van der Waals surface area contributed by atoms with Crippen molar-refractivity contribution in [3.63, 3.8) is 0 Å². The van der Waals surface area contributed by atoms with Crippen LogP contribution in [0.5, 0.6) is 11.5 Å². The molecule has 1 aliphatic rings. The molecule has 2 aromatic carbocycles. The Kier molecular flexibility index (Phi) is 3.53. The van der Waals surface area contributed by atoms with Crippen LogP contribution in [0, 0.1) is 0 Å². The van der Waals surface area contributed by atoms with Crippen LogP contribution in [-0.2, 0) is 13.0 Å². The van der Waals surface area contributed by atoms with Crippen molar-refractivity contribution in [1.82, 2.24) is 9.55 Å². The molecular weight excluding hydrogens is 320 g/mol. The maximum absolute atomic E-state index is 13.1. The molecule has 1 aromatic heterocycles. The number of ketones is 1. The topological polar surface area (TPSA) is 70.4 Å². The number of aromatic nitrogens is 2. The summed E-state index contributed by atoms with van der Waals surface area (Å²) in [5.74, 6) is 0.919. The molecule has 126 valence electrons. The highest BCUT2D eigenvalue weighted by Gasteiger charge is 2.26. The summed E-state index contributed by atoms with van der Waals surface area (Å²) >= 11 is 0. The Balaban J connectivity index is 1.98. The normalized spacial score (nSPS) is 13.1. The van der Waals surface area contributed by atoms with E-state index in [1.165, 1.54) is 11.7 Å². The molecule has 0 bridgehead atoms. The van der Waals surface area contributed by atoms with Crippen molar-refractivity contribution in [3.05, 3.63) is 63.7 Å². The van der Waals surface area contributed by atoms with Gasteiger partial charge in [-0.05, 0) is 36.2 Å². The maximum atomic E-state index is 13.1. The summed E-state index contributed by atoms with van der Waals surface area (Å²) in [6.07, 6.45) is 0.536. The average molecular weight is 336 g/mol. The molecule has 2 heterocycles. The van der Waals surface area contributed by atoms with Gasteiger partial charge in [0.15, 0.2) is 17.3 Å². The molecule has 0 amide bonds. The van der Waals surface area contributed by atoms with Crippen LogP contribution in [0.25, 0.3) is 10.9 Å². The summed E-state index contributed by atoms with van der Waals surface area (Å²) in [6.45, 7) is 0.389. The molecule has 1 aliphatic heterocycles. The largest absolute Gasteiger partial charge is 0.493 e. The Morgan fingerprint density at radius 1 is 1.04 bits per heavy atom. The monoisotopic (exact) mass is 336 g/mol. The minimum atomic E-state index is -0.281. The van der Waals surface area contributed by atoms with Gasteiger partial charge in [-0.1, -0.05) is 12.1 Å². The fraction of sp³-hybridized carbons (Fsp3) is 0.211. The summed E-state index contributed by atoms with van der Waals surface area (Å²) in [6, 6.07) is 10.5. The number of nitrogens with zero attached hydrogens (tertiary/aromatic N) is 2. The zero-order chi connectivity index (χ0) is 17.6. The average Bonchev–Trinajstić information content (AvgIpc) is 2.78. The summed E-state index contributed by atoms with van der Waals surface area (Å²) in [5.41, 5.74) is 1.64. The first kappa shape index (κ1) is 15.4. The van der Waals surface area contributed by atoms with E-state index in [0.717, 1.165) is 5.56 Å². The number of rotatable bonds is 2. The fourth-order valence-corrected chi connectivity index (χ4v) is 3.24. The van der Waals surface area contributed by atoms with Gasteiger partial charge in [0.1, 0.15) is 0 Å². The zero-order valence-electron chi connectivity index (χ0n) is 13.9. The van der Waals surface area contributed by atoms with Crippen molar-refractivity contribution in [1.29, 1.82) is 0 Å². The van der Waals surface area contributed by atoms with E-state index in [9.17, 15) is 9.59 Å². The number of methoxy groups -OCH3 is 2. The van der Waals surface area contributed by atoms with Crippen LogP contribution in [-0.4, -0.2) is 29.6 Å². The number of benzene rings is 2. The van der Waals surface area contributed by atoms with Gasteiger partial charge in [0.25, 0.3) is 5.56 Å². The van der Waals surface area contributed by atoms with Gasteiger partial charge >= 0.3 is 0 Å². The van der Waals surface area contributed by atoms with Crippen LogP contribution in [0.4, 0.5) is 0 Å². The lowest BCUT2D eigenvalue weighted by atomic mass is 10.0. The number of para-hydroxylation sites is 1. The second-order valence-electron chi connectivity index (χ2n) is 5.85. The standard InChI is InChI=1S/C19H16N2O4/c1-24-15-9-11-7-8-21-18(17(22)13(11)10-16(15)25-2)20-14-6-4-3-5-12(14)19(21)23/h3-6,9-10H,7-8H2,1-2H3. The van der Waals surface area contributed by atoms with Gasteiger partial charge in [0, 0.05) is 12.1 Å². The van der Waals surface area contributed by atoms with Gasteiger partial charge in [-0.2, -0.15) is 0 Å². The van der Waals surface area contributed by atoms with Crippen molar-refractivity contribution in [2.75, 3.05) is 14.2 Å². The smallest absolute Gasteiger partial charge is 0.261 e. The molecule has 3 aromatic rings. The summed E-state index contributed by atoms with van der Waals surface area (Å²) in [7, 11) is 3.08. The third-order valence-electron chi connectivity index (χ3n) is 4.52. The van der Waals surface area contributed by atoms with Gasteiger partial charge in [0.2, 0.25) is 5.78 Å². The first-order valence-electron chi connectivity index (χ1n) is 7.93. The molecule has 0 spiro atoms. The Bertz CT molecular complexity index is 1070. The van der Waals surface area contributed by atoms with Crippen molar-refractivity contribution >= 4 is 16.7 Å². The number of aryl methyl sites for hydroxylation is 1. The van der Waals surface area contributed by atoms with Crippen LogP contribution in [0.15, 0.2) is 41.2 Å². The summed E-state index contributed by atoms with van der Waals surface area (Å²) in [4.78, 5) is 30.3. The molecule has 4 rings (SSSR count). The minimum Gasteiger partial charge on any atom is -0.493 e. The number of fused-ring (bicyclic) bond motifs is 3. The summed E-state index contributed by atoms with van der Waals surface area (Å²) in [5, 5.41) is 0.514. The van der Waals surface area contributed by atoms with Crippen LogP contribution >= 0.6 is 0 Å². The van der Waals surface area contributed by atoms with Crippen molar-refractivity contribution in [2.45, 2.75) is 13.0 Å². The number of carbonyl (C=O) groups is 1. The molecule has 0 atom stereocenters. The van der Waals surface area contributed by atoms with Gasteiger partial charge in [-0.3, -0.25) is 14.2 Å². The van der Waals surface area contributed by atoms with Crippen LogP contribution in [0.2, 0.25) is 0 Å². The molecular formula is C19H16N2O4. The Morgan fingerprint density at radius 3 is 2.52 bits per heavy atom. The molecule has 6 heteroatoms. The predicted molar refractivity (Wildman–Crippen MR) is 92.7 cm³/mol. The molecule has 25 heavy (non-hydrogen) atoms. The highest BCUT2D eigenvalue weighted by Crippen LogP contribution is 2.33. The first-order chi connectivity index (χ1) is 12.1. The van der Waals surface area contributed by atoms with Crippen molar-refractivity contribution in [2.24, 2.45) is 0 Å². The van der Waals surface area contributed by atoms with Gasteiger partial charge in [-0.25, -0.2) is 4.98 Å². The van der Waals surface area contributed by atoms with E-state index in [1.807, 2.05) is 0 Å². The van der Waals surface area contributed by atoms with Crippen molar-refractivity contribution in [3.8, 4) is 11.5 Å². The highest BCUT2D eigenvalue weighted by atomic mass is 16.5. The van der Waals surface area contributed by atoms with Crippen LogP contribution in [0.3, 0.4) is 0 Å². The second kappa shape index (κ2) is 5.73. The van der Waals surface area contributed by atoms with E-state index in [1.54, 1.807) is 43.5 Å². The van der Waals surface area contributed by atoms with E-state index in [2.05, 4.69) is 4.98 Å². The lowest BCUT2D eigenvalue weighted by Crippen LogP contribution is -2.27. The maximum Gasteiger partial charge on any atom is 0.261 e. The number of hydrogen-bond donors (Lipinski definition) is 0. The van der Waals surface area contributed by atoms with Gasteiger partial charge < -0.3 is 9.47 Å². The molecule has 0 unspecified atom stereocenters. The SMILES string of the molecule is COc1cc2c(cc1OC)C(=O)c1nc3ccccc3c(=O)n1CC2. The van der Waals surface area contributed by atoms with E-state index in [-0.39, 0.29) is 17.2 Å². The lowest BCUT2D eigenvalue weighted by Gasteiger charge is -2.12. The molecule has 0 N–H and O–H groups in total.